The fraction of sp³-hybridized carbons (Fsp3) is 0.367. The van der Waals surface area contributed by atoms with E-state index < -0.39 is 117 Å². The number of nitrogen functional groups attached to an aromatic ring is 1. The van der Waals surface area contributed by atoms with Gasteiger partial charge >= 0.3 is 23.8 Å². The van der Waals surface area contributed by atoms with E-state index in [0.717, 1.165) is 27.2 Å². The number of nitrogens with two attached hydrogens (primary N) is 2. The minimum Gasteiger partial charge on any atom is -0.504 e. The maximum absolute atomic E-state index is 13.4. The van der Waals surface area contributed by atoms with Gasteiger partial charge in [0.15, 0.2) is 28.1 Å². The van der Waals surface area contributed by atoms with Crippen LogP contribution in [0, 0.1) is 0 Å². The molecule has 3 fully saturated rings. The molecule has 5 rings (SSSR count). The molecule has 304 valence electrons. The number of rotatable bonds is 14. The van der Waals surface area contributed by atoms with Gasteiger partial charge in [0.05, 0.1) is 18.1 Å². The van der Waals surface area contributed by atoms with Crippen molar-refractivity contribution < 1.29 is 63.6 Å². The molecule has 2 aromatic rings. The van der Waals surface area contributed by atoms with Crippen LogP contribution >= 0.6 is 34.7 Å². The molecule has 0 radical (unpaired) electrons. The standard InChI is InChI=1S/C30H32ClN11O13S2/c1-29(2,26(51)52)55-39-17(12-9-56-28(32)35-12)21(47)36-18-22(48)40-10-30(27(53)54,57-25(18)40)41-7-8-42(24(50)23(41)49)38-14(44)5-6-34-20(46)16(37-33)11-3-4-13(43)19(45)15(11)31/h3-4,9,18,25,43,45H,5-8,10,33H2,1-2H3,(H2,32,35)(H,34,46)(H,36,47)(H,38,44)(H,51,52)(H,53,54)/b37-16-,39-17-/t18-,25?,30-/m1/s1. The summed E-state index contributed by atoms with van der Waals surface area (Å²) in [5.41, 5.74) is 4.80. The number of aliphatic carboxylic acids is 2. The van der Waals surface area contributed by atoms with E-state index in [0.29, 0.717) is 16.8 Å². The van der Waals surface area contributed by atoms with Crippen molar-refractivity contribution >= 4 is 98.6 Å². The number of carbonyl (C=O) groups excluding carboxylic acids is 6. The van der Waals surface area contributed by atoms with Crippen molar-refractivity contribution in [3.05, 3.63) is 33.8 Å². The molecule has 57 heavy (non-hydrogen) atoms. The number of phenols is 2. The largest absolute Gasteiger partial charge is 0.504 e. The van der Waals surface area contributed by atoms with Crippen molar-refractivity contribution in [2.75, 3.05) is 31.9 Å². The summed E-state index contributed by atoms with van der Waals surface area (Å²) in [5.74, 6) is -5.14. The van der Waals surface area contributed by atoms with Gasteiger partial charge in [-0.3, -0.25) is 34.2 Å². The Balaban J connectivity index is 1.20. The summed E-state index contributed by atoms with van der Waals surface area (Å²) in [6.07, 6.45) is -0.438. The topological polar surface area (TPSA) is 362 Å². The van der Waals surface area contributed by atoms with Gasteiger partial charge in [-0.1, -0.05) is 28.5 Å². The van der Waals surface area contributed by atoms with Crippen LogP contribution < -0.4 is 27.6 Å². The van der Waals surface area contributed by atoms with Gasteiger partial charge in [0.1, 0.15) is 17.1 Å². The molecule has 1 unspecified atom stereocenters. The molecule has 1 aromatic heterocycles. The lowest BCUT2D eigenvalue weighted by atomic mass is 10.0. The number of carboxylic acids is 2. The van der Waals surface area contributed by atoms with E-state index in [2.05, 4.69) is 31.3 Å². The number of phenolic OH excluding ortho intramolecular Hbond substituents is 2. The number of thiazole rings is 1. The molecule has 3 saturated heterocycles. The maximum atomic E-state index is 13.4. The lowest BCUT2D eigenvalue weighted by Gasteiger charge is -2.41. The number of thioether (sulfide) groups is 1. The number of piperazine rings is 1. The Morgan fingerprint density at radius 2 is 1.79 bits per heavy atom. The first kappa shape index (κ1) is 41.7. The fourth-order valence-electron chi connectivity index (χ4n) is 5.47. The number of fused-ring (bicyclic) bond motifs is 1. The molecule has 0 aliphatic carbocycles. The van der Waals surface area contributed by atoms with Gasteiger partial charge in [0.25, 0.3) is 11.8 Å². The van der Waals surface area contributed by atoms with Crippen LogP contribution in [0.4, 0.5) is 5.13 Å². The summed E-state index contributed by atoms with van der Waals surface area (Å²) < 4.78 is 0. The van der Waals surface area contributed by atoms with Crippen LogP contribution in [0.1, 0.15) is 31.5 Å². The van der Waals surface area contributed by atoms with Gasteiger partial charge in [-0.2, -0.15) is 5.10 Å². The highest BCUT2D eigenvalue weighted by molar-refractivity contribution is 8.02. The lowest BCUT2D eigenvalue weighted by molar-refractivity contribution is -0.168. The van der Waals surface area contributed by atoms with E-state index in [1.807, 2.05) is 0 Å². The Morgan fingerprint density at radius 1 is 1.09 bits per heavy atom. The van der Waals surface area contributed by atoms with Crippen molar-refractivity contribution in [2.45, 2.75) is 42.2 Å². The number of aromatic hydroxyl groups is 2. The number of amides is 6. The SMILES string of the molecule is CC(C)(O/N=C(\C(=O)N[C@@H]1C(=O)N2C[C@@](C(=O)O)(N3CCN(NC(=O)CCNC(=O)/C(=N\N)c4ccc(O)c(O)c4Cl)C(=O)C3=O)SC12)c1csc(N)n1)C(=O)O. The second-order valence-corrected chi connectivity index (χ2v) is 15.3. The summed E-state index contributed by atoms with van der Waals surface area (Å²) in [5, 5.41) is 51.5. The van der Waals surface area contributed by atoms with Gasteiger partial charge in [0, 0.05) is 30.5 Å². The van der Waals surface area contributed by atoms with Gasteiger partial charge in [0.2, 0.25) is 22.3 Å². The molecule has 0 saturated carbocycles. The Morgan fingerprint density at radius 3 is 2.40 bits per heavy atom. The predicted molar refractivity (Wildman–Crippen MR) is 196 cm³/mol. The highest BCUT2D eigenvalue weighted by atomic mass is 35.5. The van der Waals surface area contributed by atoms with E-state index >= 15 is 0 Å². The van der Waals surface area contributed by atoms with Gasteiger partial charge in [-0.25, -0.2) is 19.6 Å². The maximum Gasteiger partial charge on any atom is 0.350 e. The minimum atomic E-state index is -2.19. The molecular formula is C30H32ClN11O13S2. The Kier molecular flexibility index (Phi) is 11.7. The molecule has 6 amide bonds. The summed E-state index contributed by atoms with van der Waals surface area (Å²) in [6.45, 7) is 0.629. The number of benzene rings is 1. The first-order chi connectivity index (χ1) is 26.7. The van der Waals surface area contributed by atoms with E-state index in [4.69, 9.17) is 28.0 Å². The highest BCUT2D eigenvalue weighted by Crippen LogP contribution is 2.49. The number of oxime groups is 1. The van der Waals surface area contributed by atoms with Gasteiger partial charge in [-0.15, -0.1) is 11.3 Å². The van der Waals surface area contributed by atoms with Crippen LogP contribution in [0.25, 0.3) is 0 Å². The average Bonchev–Trinajstić information content (AvgIpc) is 3.75. The molecule has 1 aromatic carbocycles. The number of hydrazine groups is 1. The quantitative estimate of drug-likeness (QED) is 0.0230. The number of carbonyl (C=O) groups is 8. The van der Waals surface area contributed by atoms with E-state index in [9.17, 15) is 58.8 Å². The minimum absolute atomic E-state index is 0.0307. The number of halogens is 1. The monoisotopic (exact) mass is 853 g/mol. The van der Waals surface area contributed by atoms with Crippen LogP contribution in [-0.4, -0.2) is 147 Å². The second kappa shape index (κ2) is 16.0. The van der Waals surface area contributed by atoms with E-state index in [1.165, 1.54) is 25.3 Å². The van der Waals surface area contributed by atoms with Crippen molar-refractivity contribution in [1.29, 1.82) is 0 Å². The van der Waals surface area contributed by atoms with Crippen molar-refractivity contribution in [3.8, 4) is 11.5 Å². The van der Waals surface area contributed by atoms with Gasteiger partial charge < -0.3 is 57.3 Å². The summed E-state index contributed by atoms with van der Waals surface area (Å²) in [6, 6.07) is 0.856. The van der Waals surface area contributed by atoms with Crippen molar-refractivity contribution in [1.82, 2.24) is 35.9 Å². The molecule has 3 atom stereocenters. The molecule has 11 N–H and O–H groups in total. The molecule has 3 aliphatic rings. The third kappa shape index (κ3) is 7.99. The number of β-lactam (4-membered cyclic amide) rings is 1. The molecular weight excluding hydrogens is 822 g/mol. The zero-order valence-electron chi connectivity index (χ0n) is 29.4. The van der Waals surface area contributed by atoms with Crippen LogP contribution in [0.5, 0.6) is 11.5 Å². The van der Waals surface area contributed by atoms with Crippen LogP contribution in [0.15, 0.2) is 27.8 Å². The predicted octanol–water partition coefficient (Wildman–Crippen LogP) is -2.87. The normalized spacial score (nSPS) is 21.1. The summed E-state index contributed by atoms with van der Waals surface area (Å²) in [7, 11) is 0. The number of anilines is 1. The summed E-state index contributed by atoms with van der Waals surface area (Å²) >= 11 is 7.51. The van der Waals surface area contributed by atoms with Crippen LogP contribution in [0.3, 0.4) is 0 Å². The molecule has 4 heterocycles. The van der Waals surface area contributed by atoms with Crippen molar-refractivity contribution in [3.63, 3.8) is 0 Å². The van der Waals surface area contributed by atoms with E-state index in [-0.39, 0.29) is 29.5 Å². The zero-order valence-corrected chi connectivity index (χ0v) is 31.8. The van der Waals surface area contributed by atoms with Crippen LogP contribution in [0.2, 0.25) is 5.02 Å². The third-order valence-corrected chi connectivity index (χ3v) is 11.3. The smallest absolute Gasteiger partial charge is 0.350 e. The number of hydrazone groups is 1. The number of hydrogen-bond acceptors (Lipinski definition) is 18. The Bertz CT molecular complexity index is 2150. The number of hydrogen-bond donors (Lipinski definition) is 9. The first-order valence-electron chi connectivity index (χ1n) is 16.2. The number of carboxylic acid groups (broad SMARTS) is 2. The van der Waals surface area contributed by atoms with Crippen molar-refractivity contribution in [2.24, 2.45) is 16.1 Å². The fourth-order valence-corrected chi connectivity index (χ4v) is 7.91. The third-order valence-electron chi connectivity index (χ3n) is 8.57. The highest BCUT2D eigenvalue weighted by Gasteiger charge is 2.66. The lowest BCUT2D eigenvalue weighted by Crippen LogP contribution is -2.69. The number of aromatic nitrogens is 1. The average molecular weight is 854 g/mol. The number of nitrogens with zero attached hydrogens (tertiary/aromatic N) is 6. The zero-order chi connectivity index (χ0) is 42.1. The summed E-state index contributed by atoms with van der Waals surface area (Å²) in [4.78, 5) is 111. The Labute approximate surface area is 332 Å². The molecule has 0 bridgehead atoms. The van der Waals surface area contributed by atoms with Gasteiger partial charge in [-0.05, 0) is 26.0 Å². The number of nitrogens with one attached hydrogen (secondary N) is 3. The molecule has 27 heteroatoms. The second-order valence-electron chi connectivity index (χ2n) is 12.7. The molecule has 3 aliphatic heterocycles. The molecule has 0 spiro atoms. The molecule has 24 nitrogen and oxygen atoms in total. The first-order valence-corrected chi connectivity index (χ1v) is 18.3. The van der Waals surface area contributed by atoms with Crippen LogP contribution in [-0.2, 0) is 43.2 Å². The van der Waals surface area contributed by atoms with E-state index in [1.54, 1.807) is 0 Å². The Hall–Kier alpha value is -6.41.